The van der Waals surface area contributed by atoms with Gasteiger partial charge in [-0.3, -0.25) is 14.8 Å². The molecule has 0 aromatic carbocycles. The van der Waals surface area contributed by atoms with Crippen molar-refractivity contribution in [3.8, 4) is 0 Å². The summed E-state index contributed by atoms with van der Waals surface area (Å²) in [5.41, 5.74) is 1.02. The Bertz CT molecular complexity index is 866. The highest BCUT2D eigenvalue weighted by Gasteiger charge is 2.34. The van der Waals surface area contributed by atoms with Crippen LogP contribution in [0.1, 0.15) is 53.9 Å². The standard InChI is InChI=1S/C22H33N5O2S/c1-14-18-13-20(30-22(18)26-25-14)21(28)24-16-6-11-29-19(12-16)15-2-4-17(5-3-15)27-9-7-23-8-10-27/h13,15-17,19,23H,2-12H2,1H3,(H,24,28)(H,25,26)/t15?,16-,17?,19+/m0/s1. The molecule has 2 aromatic heterocycles. The number of amides is 1. The molecular weight excluding hydrogens is 398 g/mol. The predicted octanol–water partition coefficient (Wildman–Crippen LogP) is 2.67. The van der Waals surface area contributed by atoms with Crippen LogP contribution in [-0.2, 0) is 4.74 Å². The third-order valence-corrected chi connectivity index (χ3v) is 8.28. The minimum atomic E-state index is 0.0328. The van der Waals surface area contributed by atoms with E-state index in [4.69, 9.17) is 4.74 Å². The Labute approximate surface area is 181 Å². The lowest BCUT2D eigenvalue weighted by atomic mass is 9.79. The molecule has 4 heterocycles. The van der Waals surface area contributed by atoms with Gasteiger partial charge in [0, 0.05) is 55.9 Å². The molecule has 5 rings (SSSR count). The molecule has 0 radical (unpaired) electrons. The third-order valence-electron chi connectivity index (χ3n) is 7.25. The molecule has 8 heteroatoms. The number of carbonyl (C=O) groups excluding carboxylic acids is 1. The molecule has 2 aliphatic heterocycles. The molecule has 1 saturated carbocycles. The van der Waals surface area contributed by atoms with Crippen molar-refractivity contribution in [2.75, 3.05) is 32.8 Å². The monoisotopic (exact) mass is 431 g/mol. The number of hydrogen-bond acceptors (Lipinski definition) is 6. The lowest BCUT2D eigenvalue weighted by Crippen LogP contribution is -2.50. The first kappa shape index (κ1) is 20.4. The van der Waals surface area contributed by atoms with Crippen molar-refractivity contribution in [1.29, 1.82) is 0 Å². The number of ether oxygens (including phenoxy) is 1. The summed E-state index contributed by atoms with van der Waals surface area (Å²) < 4.78 is 6.18. The Morgan fingerprint density at radius 2 is 2.03 bits per heavy atom. The van der Waals surface area contributed by atoms with Crippen LogP contribution in [0.3, 0.4) is 0 Å². The fourth-order valence-corrected chi connectivity index (χ4v) is 6.42. The van der Waals surface area contributed by atoms with Crippen LogP contribution < -0.4 is 10.6 Å². The largest absolute Gasteiger partial charge is 0.378 e. The maximum atomic E-state index is 12.8. The third kappa shape index (κ3) is 4.28. The van der Waals surface area contributed by atoms with E-state index in [0.29, 0.717) is 5.92 Å². The van der Waals surface area contributed by atoms with E-state index in [-0.39, 0.29) is 18.1 Å². The number of fused-ring (bicyclic) bond motifs is 1. The van der Waals surface area contributed by atoms with Crippen LogP contribution in [0.25, 0.3) is 10.2 Å². The molecule has 0 spiro atoms. The Kier molecular flexibility index (Phi) is 6.09. The maximum absolute atomic E-state index is 12.8. The lowest BCUT2D eigenvalue weighted by Gasteiger charge is -2.42. The molecule has 0 bridgehead atoms. The molecule has 2 aromatic rings. The zero-order valence-electron chi connectivity index (χ0n) is 17.8. The lowest BCUT2D eigenvalue weighted by molar-refractivity contribution is -0.0469. The minimum absolute atomic E-state index is 0.0328. The number of carbonyl (C=O) groups is 1. The van der Waals surface area contributed by atoms with Crippen LogP contribution in [0.2, 0.25) is 0 Å². The van der Waals surface area contributed by atoms with Gasteiger partial charge in [-0.2, -0.15) is 5.10 Å². The van der Waals surface area contributed by atoms with Gasteiger partial charge < -0.3 is 15.4 Å². The number of H-pyrrole nitrogens is 1. The molecule has 3 N–H and O–H groups in total. The molecule has 2 saturated heterocycles. The molecule has 30 heavy (non-hydrogen) atoms. The van der Waals surface area contributed by atoms with Gasteiger partial charge in [0.25, 0.3) is 5.91 Å². The molecule has 1 aliphatic carbocycles. The second kappa shape index (κ2) is 8.94. The van der Waals surface area contributed by atoms with Crippen molar-refractivity contribution >= 4 is 27.5 Å². The van der Waals surface area contributed by atoms with E-state index >= 15 is 0 Å². The van der Waals surface area contributed by atoms with Crippen LogP contribution in [0.15, 0.2) is 6.07 Å². The summed E-state index contributed by atoms with van der Waals surface area (Å²) in [5.74, 6) is 0.669. The van der Waals surface area contributed by atoms with E-state index in [2.05, 4.69) is 25.7 Å². The highest BCUT2D eigenvalue weighted by atomic mass is 32.1. The first-order chi connectivity index (χ1) is 14.7. The van der Waals surface area contributed by atoms with Gasteiger partial charge in [-0.1, -0.05) is 0 Å². The van der Waals surface area contributed by atoms with Crippen molar-refractivity contribution in [3.05, 3.63) is 16.6 Å². The summed E-state index contributed by atoms with van der Waals surface area (Å²) in [4.78, 5) is 17.1. The summed E-state index contributed by atoms with van der Waals surface area (Å²) in [7, 11) is 0. The number of aryl methyl sites for hydroxylation is 1. The summed E-state index contributed by atoms with van der Waals surface area (Å²) in [6.07, 6.45) is 7.21. The van der Waals surface area contributed by atoms with Gasteiger partial charge in [-0.25, -0.2) is 0 Å². The summed E-state index contributed by atoms with van der Waals surface area (Å²) in [6, 6.07) is 2.92. The van der Waals surface area contributed by atoms with Gasteiger partial charge in [0.1, 0.15) is 4.83 Å². The highest BCUT2D eigenvalue weighted by Crippen LogP contribution is 2.34. The molecule has 1 amide bonds. The van der Waals surface area contributed by atoms with Crippen LogP contribution in [0, 0.1) is 12.8 Å². The van der Waals surface area contributed by atoms with E-state index in [9.17, 15) is 4.79 Å². The van der Waals surface area contributed by atoms with Crippen molar-refractivity contribution in [3.63, 3.8) is 0 Å². The molecule has 2 atom stereocenters. The number of rotatable bonds is 4. The van der Waals surface area contributed by atoms with E-state index in [0.717, 1.165) is 59.4 Å². The SMILES string of the molecule is Cc1[nH]nc2sc(C(=O)N[C@H]3CCO[C@@H](C4CCC(N5CCNCC5)CC4)C3)cc12. The first-order valence-corrected chi connectivity index (χ1v) is 12.3. The van der Waals surface area contributed by atoms with Gasteiger partial charge in [0.2, 0.25) is 0 Å². The van der Waals surface area contributed by atoms with Crippen LogP contribution in [0.5, 0.6) is 0 Å². The molecule has 7 nitrogen and oxygen atoms in total. The van der Waals surface area contributed by atoms with E-state index in [1.807, 2.05) is 13.0 Å². The van der Waals surface area contributed by atoms with E-state index in [1.54, 1.807) is 0 Å². The Balaban J connectivity index is 1.13. The van der Waals surface area contributed by atoms with Gasteiger partial charge in [0.05, 0.1) is 11.0 Å². The Morgan fingerprint density at radius 1 is 1.23 bits per heavy atom. The quantitative estimate of drug-likeness (QED) is 0.693. The average molecular weight is 432 g/mol. The predicted molar refractivity (Wildman–Crippen MR) is 119 cm³/mol. The van der Waals surface area contributed by atoms with E-state index < -0.39 is 0 Å². The number of nitrogens with zero attached hydrogens (tertiary/aromatic N) is 2. The van der Waals surface area contributed by atoms with Crippen LogP contribution in [0.4, 0.5) is 0 Å². The smallest absolute Gasteiger partial charge is 0.261 e. The molecule has 0 unspecified atom stereocenters. The zero-order valence-corrected chi connectivity index (χ0v) is 18.6. The summed E-state index contributed by atoms with van der Waals surface area (Å²) in [5, 5.41) is 15.0. The molecule has 164 valence electrons. The van der Waals surface area contributed by atoms with Crippen molar-refractivity contribution < 1.29 is 9.53 Å². The topological polar surface area (TPSA) is 82.3 Å². The number of aromatic nitrogens is 2. The molecule has 3 aliphatic rings. The molecular formula is C22H33N5O2S. The van der Waals surface area contributed by atoms with E-state index in [1.165, 1.54) is 50.1 Å². The van der Waals surface area contributed by atoms with Crippen molar-refractivity contribution in [1.82, 2.24) is 25.7 Å². The Morgan fingerprint density at radius 3 is 2.80 bits per heavy atom. The van der Waals surface area contributed by atoms with Gasteiger partial charge in [-0.15, -0.1) is 11.3 Å². The summed E-state index contributed by atoms with van der Waals surface area (Å²) >= 11 is 1.46. The van der Waals surface area contributed by atoms with Crippen molar-refractivity contribution in [2.45, 2.75) is 63.6 Å². The Hall–Kier alpha value is -1.48. The first-order valence-electron chi connectivity index (χ1n) is 11.5. The molecule has 3 fully saturated rings. The zero-order chi connectivity index (χ0) is 20.5. The van der Waals surface area contributed by atoms with Gasteiger partial charge in [0.15, 0.2) is 0 Å². The van der Waals surface area contributed by atoms with Crippen LogP contribution >= 0.6 is 11.3 Å². The number of thiophene rings is 1. The highest BCUT2D eigenvalue weighted by molar-refractivity contribution is 7.20. The second-order valence-electron chi connectivity index (χ2n) is 9.14. The maximum Gasteiger partial charge on any atom is 0.261 e. The number of aromatic amines is 1. The van der Waals surface area contributed by atoms with Gasteiger partial charge in [-0.05, 0) is 57.4 Å². The van der Waals surface area contributed by atoms with Crippen LogP contribution in [-0.4, -0.2) is 72.0 Å². The fourth-order valence-electron chi connectivity index (χ4n) is 5.47. The fraction of sp³-hybridized carbons (Fsp3) is 0.727. The second-order valence-corrected chi connectivity index (χ2v) is 10.2. The number of piperazine rings is 1. The average Bonchev–Trinajstić information content (AvgIpc) is 3.37. The normalized spacial score (nSPS) is 31.1. The number of nitrogens with one attached hydrogen (secondary N) is 3. The van der Waals surface area contributed by atoms with Gasteiger partial charge >= 0.3 is 0 Å². The summed E-state index contributed by atoms with van der Waals surface area (Å²) in [6.45, 7) is 7.38. The van der Waals surface area contributed by atoms with Crippen molar-refractivity contribution in [2.24, 2.45) is 5.92 Å². The number of hydrogen-bond donors (Lipinski definition) is 3. The minimum Gasteiger partial charge on any atom is -0.378 e.